The van der Waals surface area contributed by atoms with Crippen LogP contribution in [-0.2, 0) is 21.0 Å². The lowest BCUT2D eigenvalue weighted by Gasteiger charge is -2.30. The minimum absolute atomic E-state index is 0.0555. The monoisotopic (exact) mass is 456 g/mol. The third-order valence-electron chi connectivity index (χ3n) is 5.06. The van der Waals surface area contributed by atoms with Crippen LogP contribution in [0.2, 0.25) is 0 Å². The van der Waals surface area contributed by atoms with E-state index < -0.39 is 26.7 Å². The minimum atomic E-state index is -4.63. The van der Waals surface area contributed by atoms with Gasteiger partial charge in [-0.2, -0.15) is 17.5 Å². The molecule has 1 fully saturated rings. The number of piperidine rings is 1. The molecule has 10 heteroatoms. The number of rotatable bonds is 6. The van der Waals surface area contributed by atoms with Gasteiger partial charge in [-0.1, -0.05) is 6.07 Å². The molecule has 0 radical (unpaired) electrons. The first kappa shape index (κ1) is 23.1. The van der Waals surface area contributed by atoms with E-state index in [1.165, 1.54) is 0 Å². The Bertz CT molecular complexity index is 1020. The number of amides is 1. The van der Waals surface area contributed by atoms with E-state index in [-0.39, 0.29) is 37.8 Å². The highest BCUT2D eigenvalue weighted by atomic mass is 32.2. The van der Waals surface area contributed by atoms with Gasteiger partial charge in [-0.3, -0.25) is 4.79 Å². The molecular formula is C21H23F3N2O4S. The van der Waals surface area contributed by atoms with Crippen LogP contribution < -0.4 is 10.1 Å². The molecule has 0 unspecified atom stereocenters. The summed E-state index contributed by atoms with van der Waals surface area (Å²) in [6, 6.07) is 10.6. The number of alkyl halides is 3. The molecule has 0 aromatic heterocycles. The predicted molar refractivity (Wildman–Crippen MR) is 109 cm³/mol. The van der Waals surface area contributed by atoms with Crippen molar-refractivity contribution in [3.8, 4) is 5.75 Å². The lowest BCUT2D eigenvalue weighted by Crippen LogP contribution is -2.41. The Kier molecular flexibility index (Phi) is 6.90. The van der Waals surface area contributed by atoms with E-state index in [2.05, 4.69) is 5.32 Å². The number of benzene rings is 2. The fourth-order valence-corrected chi connectivity index (χ4v) is 4.90. The Morgan fingerprint density at radius 3 is 2.35 bits per heavy atom. The second kappa shape index (κ2) is 9.27. The molecule has 1 heterocycles. The number of hydrogen-bond donors (Lipinski definition) is 1. The van der Waals surface area contributed by atoms with Crippen LogP contribution in [0.15, 0.2) is 53.4 Å². The number of nitrogens with zero attached hydrogens (tertiary/aromatic N) is 1. The van der Waals surface area contributed by atoms with E-state index in [9.17, 15) is 26.4 Å². The predicted octanol–water partition coefficient (Wildman–Crippen LogP) is 4.14. The Morgan fingerprint density at radius 1 is 1.13 bits per heavy atom. The van der Waals surface area contributed by atoms with Gasteiger partial charge in [0.15, 0.2) is 0 Å². The van der Waals surface area contributed by atoms with Gasteiger partial charge in [0.25, 0.3) is 0 Å². The van der Waals surface area contributed by atoms with Crippen LogP contribution in [0, 0.1) is 5.92 Å². The maximum Gasteiger partial charge on any atom is 0.416 e. The lowest BCUT2D eigenvalue weighted by atomic mass is 9.97. The summed E-state index contributed by atoms with van der Waals surface area (Å²) in [5, 5.41) is 2.80. The summed E-state index contributed by atoms with van der Waals surface area (Å²) in [5.41, 5.74) is -0.411. The molecule has 0 saturated carbocycles. The van der Waals surface area contributed by atoms with Gasteiger partial charge >= 0.3 is 6.18 Å². The van der Waals surface area contributed by atoms with Crippen LogP contribution in [0.5, 0.6) is 5.75 Å². The smallest absolute Gasteiger partial charge is 0.416 e. The van der Waals surface area contributed by atoms with Gasteiger partial charge in [-0.05, 0) is 62.2 Å². The van der Waals surface area contributed by atoms with E-state index in [0.29, 0.717) is 24.1 Å². The standard InChI is InChI=1S/C21H23F3N2O4S/c1-2-30-18-8-6-17(7-9-18)25-20(27)15-10-12-26(13-11-15)31(28,29)19-5-3-4-16(14-19)21(22,23)24/h3-9,14-15H,2,10-13H2,1H3,(H,25,27). The fraction of sp³-hybridized carbons (Fsp3) is 0.381. The Balaban J connectivity index is 1.61. The largest absolute Gasteiger partial charge is 0.494 e. The van der Waals surface area contributed by atoms with Crippen molar-refractivity contribution in [2.75, 3.05) is 25.0 Å². The highest BCUT2D eigenvalue weighted by Crippen LogP contribution is 2.32. The van der Waals surface area contributed by atoms with Crippen LogP contribution >= 0.6 is 0 Å². The molecule has 6 nitrogen and oxygen atoms in total. The average molecular weight is 456 g/mol. The van der Waals surface area contributed by atoms with Gasteiger partial charge in [0.2, 0.25) is 15.9 Å². The number of nitrogens with one attached hydrogen (secondary N) is 1. The number of hydrogen-bond acceptors (Lipinski definition) is 4. The molecule has 0 atom stereocenters. The molecule has 1 saturated heterocycles. The third kappa shape index (κ3) is 5.56. The van der Waals surface area contributed by atoms with Gasteiger partial charge in [0, 0.05) is 24.7 Å². The summed E-state index contributed by atoms with van der Waals surface area (Å²) in [6.45, 7) is 2.52. The number of sulfonamides is 1. The van der Waals surface area contributed by atoms with Gasteiger partial charge in [0.1, 0.15) is 5.75 Å². The first-order chi connectivity index (χ1) is 14.6. The zero-order valence-corrected chi connectivity index (χ0v) is 17.7. The van der Waals surface area contributed by atoms with Gasteiger partial charge in [0.05, 0.1) is 17.1 Å². The summed E-state index contributed by atoms with van der Waals surface area (Å²) in [6.07, 6.45) is -4.07. The maximum atomic E-state index is 12.9. The molecule has 2 aromatic rings. The van der Waals surface area contributed by atoms with E-state index in [4.69, 9.17) is 4.74 Å². The van der Waals surface area contributed by atoms with Crippen molar-refractivity contribution in [3.05, 3.63) is 54.1 Å². The molecule has 1 aliphatic heterocycles. The number of carbonyl (C=O) groups is 1. The molecule has 0 aliphatic carbocycles. The van der Waals surface area contributed by atoms with E-state index in [1.807, 2.05) is 6.92 Å². The number of anilines is 1. The average Bonchev–Trinajstić information content (AvgIpc) is 2.75. The first-order valence-corrected chi connectivity index (χ1v) is 11.3. The third-order valence-corrected chi connectivity index (χ3v) is 6.95. The summed E-state index contributed by atoms with van der Waals surface area (Å²) in [7, 11) is -4.08. The van der Waals surface area contributed by atoms with Crippen LogP contribution in [-0.4, -0.2) is 38.3 Å². The minimum Gasteiger partial charge on any atom is -0.494 e. The van der Waals surface area contributed by atoms with Gasteiger partial charge < -0.3 is 10.1 Å². The zero-order chi connectivity index (χ0) is 22.6. The Hall–Kier alpha value is -2.59. The summed E-state index contributed by atoms with van der Waals surface area (Å²) in [4.78, 5) is 12.1. The maximum absolute atomic E-state index is 12.9. The van der Waals surface area contributed by atoms with Crippen molar-refractivity contribution in [1.82, 2.24) is 4.31 Å². The normalized spacial score (nSPS) is 16.1. The molecule has 1 amide bonds. The molecule has 1 aliphatic rings. The quantitative estimate of drug-likeness (QED) is 0.709. The Morgan fingerprint density at radius 2 is 1.77 bits per heavy atom. The van der Waals surface area contributed by atoms with Gasteiger partial charge in [-0.25, -0.2) is 8.42 Å². The van der Waals surface area contributed by atoms with Crippen molar-refractivity contribution in [2.45, 2.75) is 30.8 Å². The lowest BCUT2D eigenvalue weighted by molar-refractivity contribution is -0.137. The van der Waals surface area contributed by atoms with E-state index in [1.54, 1.807) is 24.3 Å². The molecule has 1 N–H and O–H groups in total. The highest BCUT2D eigenvalue weighted by molar-refractivity contribution is 7.89. The van der Waals surface area contributed by atoms with Crippen molar-refractivity contribution in [3.63, 3.8) is 0 Å². The topological polar surface area (TPSA) is 75.7 Å². The van der Waals surface area contributed by atoms with Crippen LogP contribution in [0.1, 0.15) is 25.3 Å². The zero-order valence-electron chi connectivity index (χ0n) is 16.9. The summed E-state index contributed by atoms with van der Waals surface area (Å²) in [5.74, 6) is 0.0772. The molecule has 2 aromatic carbocycles. The second-order valence-electron chi connectivity index (χ2n) is 7.15. The SMILES string of the molecule is CCOc1ccc(NC(=O)C2CCN(S(=O)(=O)c3cccc(C(F)(F)F)c3)CC2)cc1. The number of carbonyl (C=O) groups excluding carboxylic acids is 1. The van der Waals surface area contributed by atoms with Crippen molar-refractivity contribution < 1.29 is 31.1 Å². The van der Waals surface area contributed by atoms with E-state index >= 15 is 0 Å². The van der Waals surface area contributed by atoms with Crippen LogP contribution in [0.4, 0.5) is 18.9 Å². The van der Waals surface area contributed by atoms with Gasteiger partial charge in [-0.15, -0.1) is 0 Å². The van der Waals surface area contributed by atoms with Crippen LogP contribution in [0.3, 0.4) is 0 Å². The first-order valence-electron chi connectivity index (χ1n) is 9.82. The Labute approximate surface area is 179 Å². The second-order valence-corrected chi connectivity index (χ2v) is 9.09. The highest BCUT2D eigenvalue weighted by Gasteiger charge is 2.35. The van der Waals surface area contributed by atoms with Crippen LogP contribution in [0.25, 0.3) is 0 Å². The molecule has 0 bridgehead atoms. The molecule has 3 rings (SSSR count). The van der Waals surface area contributed by atoms with Crippen molar-refractivity contribution in [1.29, 1.82) is 0 Å². The fourth-order valence-electron chi connectivity index (χ4n) is 3.39. The molecule has 0 spiro atoms. The number of halogens is 3. The van der Waals surface area contributed by atoms with Crippen molar-refractivity contribution >= 4 is 21.6 Å². The summed E-state index contributed by atoms with van der Waals surface area (Å²) >= 11 is 0. The van der Waals surface area contributed by atoms with E-state index in [0.717, 1.165) is 22.5 Å². The molecule has 168 valence electrons. The molecular weight excluding hydrogens is 433 g/mol. The summed E-state index contributed by atoms with van der Waals surface area (Å²) < 4.78 is 70.8. The number of ether oxygens (including phenoxy) is 1. The van der Waals surface area contributed by atoms with Crippen molar-refractivity contribution in [2.24, 2.45) is 5.92 Å². The molecule has 31 heavy (non-hydrogen) atoms.